The van der Waals surface area contributed by atoms with Crippen molar-refractivity contribution in [1.82, 2.24) is 14.7 Å². The lowest BCUT2D eigenvalue weighted by Crippen LogP contribution is -2.52. The van der Waals surface area contributed by atoms with Crippen molar-refractivity contribution in [1.29, 1.82) is 0 Å². The molecule has 0 aromatic heterocycles. The summed E-state index contributed by atoms with van der Waals surface area (Å²) in [6.07, 6.45) is 0. The fourth-order valence-electron chi connectivity index (χ4n) is 3.84. The van der Waals surface area contributed by atoms with Crippen molar-refractivity contribution < 1.29 is 19.3 Å². The fourth-order valence-corrected chi connectivity index (χ4v) is 4.02. The zero-order valence-corrected chi connectivity index (χ0v) is 17.7. The molecule has 2 heterocycles. The van der Waals surface area contributed by atoms with E-state index in [1.807, 2.05) is 9.80 Å². The van der Waals surface area contributed by atoms with Crippen LogP contribution in [0.15, 0.2) is 42.5 Å². The second-order valence-corrected chi connectivity index (χ2v) is 7.97. The lowest BCUT2D eigenvalue weighted by molar-refractivity contribution is -0.385. The fraction of sp³-hybridized carbons (Fsp3) is 0.286. The van der Waals surface area contributed by atoms with E-state index >= 15 is 0 Å². The van der Waals surface area contributed by atoms with Gasteiger partial charge >= 0.3 is 0 Å². The van der Waals surface area contributed by atoms with Crippen molar-refractivity contribution in [2.24, 2.45) is 0 Å². The van der Waals surface area contributed by atoms with Crippen LogP contribution in [0.5, 0.6) is 0 Å². The summed E-state index contributed by atoms with van der Waals surface area (Å²) in [6.45, 7) is 2.45. The predicted molar refractivity (Wildman–Crippen MR) is 117 cm³/mol. The lowest BCUT2D eigenvalue weighted by atomic mass is 10.1. The Morgan fingerprint density at radius 1 is 1.00 bits per heavy atom. The molecule has 2 aromatic carbocycles. The Balaban J connectivity index is 1.32. The number of halogens is 1. The van der Waals surface area contributed by atoms with E-state index < -0.39 is 16.7 Å². The van der Waals surface area contributed by atoms with Gasteiger partial charge in [0.25, 0.3) is 17.5 Å². The maximum atomic E-state index is 12.7. The van der Waals surface area contributed by atoms with Crippen LogP contribution in [0.25, 0.3) is 0 Å². The number of para-hydroxylation sites is 1. The Morgan fingerprint density at radius 3 is 2.38 bits per heavy atom. The Morgan fingerprint density at radius 2 is 1.69 bits per heavy atom. The first-order valence-corrected chi connectivity index (χ1v) is 10.4. The van der Waals surface area contributed by atoms with Crippen LogP contribution in [0.4, 0.5) is 11.4 Å². The molecule has 1 saturated heterocycles. The van der Waals surface area contributed by atoms with Crippen LogP contribution in [0.1, 0.15) is 20.7 Å². The smallest absolute Gasteiger partial charge is 0.282 e. The first-order valence-electron chi connectivity index (χ1n) is 9.98. The molecule has 0 unspecified atom stereocenters. The molecule has 10 nitrogen and oxygen atoms in total. The van der Waals surface area contributed by atoms with Crippen LogP contribution >= 0.6 is 11.6 Å². The monoisotopic (exact) mass is 457 g/mol. The average Bonchev–Trinajstić information content (AvgIpc) is 3.01. The first kappa shape index (κ1) is 21.9. The van der Waals surface area contributed by atoms with Crippen molar-refractivity contribution >= 4 is 40.7 Å². The van der Waals surface area contributed by atoms with Crippen LogP contribution < -0.4 is 5.32 Å². The summed E-state index contributed by atoms with van der Waals surface area (Å²) in [5.41, 5.74) is 0.0895. The summed E-state index contributed by atoms with van der Waals surface area (Å²) >= 11 is 6.06. The number of amides is 3. The van der Waals surface area contributed by atoms with Crippen LogP contribution in [-0.4, -0.2) is 76.7 Å². The summed E-state index contributed by atoms with van der Waals surface area (Å²) in [6, 6.07) is 11.0. The minimum Gasteiger partial charge on any atom is -0.324 e. The average molecular weight is 458 g/mol. The van der Waals surface area contributed by atoms with Gasteiger partial charge in [0.1, 0.15) is 5.56 Å². The van der Waals surface area contributed by atoms with Gasteiger partial charge in [-0.05, 0) is 18.2 Å². The molecule has 166 valence electrons. The van der Waals surface area contributed by atoms with Gasteiger partial charge in [-0.1, -0.05) is 29.8 Å². The standard InChI is InChI=1S/C21H20ClN5O5/c22-15-5-1-2-6-16(15)23-18(28)12-24-8-10-25(11-9-24)13-26-20(29)14-4-3-7-17(27(31)32)19(14)21(26)30/h1-7H,8-13H2,(H,23,28). The number of nitrogens with one attached hydrogen (secondary N) is 1. The van der Waals surface area contributed by atoms with E-state index in [1.54, 1.807) is 24.3 Å². The molecular weight excluding hydrogens is 438 g/mol. The van der Waals surface area contributed by atoms with Gasteiger partial charge in [0.05, 0.1) is 34.4 Å². The summed E-state index contributed by atoms with van der Waals surface area (Å²) in [7, 11) is 0. The number of carbonyl (C=O) groups excluding carboxylic acids is 3. The molecule has 32 heavy (non-hydrogen) atoms. The van der Waals surface area contributed by atoms with Gasteiger partial charge in [-0.2, -0.15) is 0 Å². The van der Waals surface area contributed by atoms with Gasteiger partial charge in [0.2, 0.25) is 5.91 Å². The molecule has 0 bridgehead atoms. The zero-order chi connectivity index (χ0) is 22.8. The van der Waals surface area contributed by atoms with Crippen LogP contribution in [0.3, 0.4) is 0 Å². The Kier molecular flexibility index (Phi) is 6.17. The second kappa shape index (κ2) is 9.03. The van der Waals surface area contributed by atoms with E-state index in [1.165, 1.54) is 18.2 Å². The number of imide groups is 1. The summed E-state index contributed by atoms with van der Waals surface area (Å²) in [5, 5.41) is 14.5. The second-order valence-electron chi connectivity index (χ2n) is 7.56. The topological polar surface area (TPSA) is 116 Å². The summed E-state index contributed by atoms with van der Waals surface area (Å²) in [4.78, 5) is 53.2. The molecule has 3 amide bonds. The van der Waals surface area contributed by atoms with Crippen molar-refractivity contribution in [3.63, 3.8) is 0 Å². The number of nitro groups is 1. The highest BCUT2D eigenvalue weighted by molar-refractivity contribution is 6.33. The van der Waals surface area contributed by atoms with Crippen LogP contribution in [0.2, 0.25) is 5.02 Å². The molecule has 0 aliphatic carbocycles. The quantitative estimate of drug-likeness (QED) is 0.401. The van der Waals surface area contributed by atoms with E-state index in [9.17, 15) is 24.5 Å². The van der Waals surface area contributed by atoms with E-state index in [2.05, 4.69) is 5.32 Å². The molecule has 0 spiro atoms. The Hall–Kier alpha value is -3.34. The maximum absolute atomic E-state index is 12.7. The number of benzene rings is 2. The third-order valence-electron chi connectivity index (χ3n) is 5.50. The van der Waals surface area contributed by atoms with Crippen LogP contribution in [-0.2, 0) is 4.79 Å². The number of piperazine rings is 1. The minimum absolute atomic E-state index is 0.0448. The van der Waals surface area contributed by atoms with Crippen molar-refractivity contribution in [2.45, 2.75) is 0 Å². The van der Waals surface area contributed by atoms with Crippen molar-refractivity contribution in [3.8, 4) is 0 Å². The van der Waals surface area contributed by atoms with E-state index in [4.69, 9.17) is 11.6 Å². The highest BCUT2D eigenvalue weighted by Gasteiger charge is 2.41. The van der Waals surface area contributed by atoms with Crippen molar-refractivity contribution in [3.05, 3.63) is 68.7 Å². The van der Waals surface area contributed by atoms with Gasteiger partial charge in [-0.15, -0.1) is 0 Å². The van der Waals surface area contributed by atoms with Gasteiger partial charge < -0.3 is 5.32 Å². The number of nitro benzene ring substituents is 1. The van der Waals surface area contributed by atoms with E-state index in [0.29, 0.717) is 36.9 Å². The molecule has 4 rings (SSSR count). The molecule has 0 atom stereocenters. The van der Waals surface area contributed by atoms with Crippen molar-refractivity contribution in [2.75, 3.05) is 44.7 Å². The zero-order valence-electron chi connectivity index (χ0n) is 17.0. The maximum Gasteiger partial charge on any atom is 0.282 e. The molecule has 2 aliphatic heterocycles. The largest absolute Gasteiger partial charge is 0.324 e. The van der Waals surface area contributed by atoms with Gasteiger partial charge in [0.15, 0.2) is 0 Å². The molecule has 1 N–H and O–H groups in total. The number of anilines is 1. The molecule has 11 heteroatoms. The van der Waals surface area contributed by atoms with E-state index in [-0.39, 0.29) is 35.9 Å². The normalized spacial score (nSPS) is 16.8. The first-order chi connectivity index (χ1) is 15.3. The number of hydrogen-bond donors (Lipinski definition) is 1. The molecule has 2 aliphatic rings. The molecular formula is C21H20ClN5O5. The Labute approximate surface area is 188 Å². The molecule has 0 radical (unpaired) electrons. The lowest BCUT2D eigenvalue weighted by Gasteiger charge is -2.35. The molecule has 0 saturated carbocycles. The number of fused-ring (bicyclic) bond motifs is 1. The highest BCUT2D eigenvalue weighted by Crippen LogP contribution is 2.30. The van der Waals surface area contributed by atoms with Gasteiger partial charge in [-0.3, -0.25) is 39.2 Å². The minimum atomic E-state index is -0.654. The summed E-state index contributed by atoms with van der Waals surface area (Å²) < 4.78 is 0. The predicted octanol–water partition coefficient (Wildman–Crippen LogP) is 2.06. The third kappa shape index (κ3) is 4.33. The van der Waals surface area contributed by atoms with E-state index in [0.717, 1.165) is 4.90 Å². The number of nitrogens with zero attached hydrogens (tertiary/aromatic N) is 4. The highest BCUT2D eigenvalue weighted by atomic mass is 35.5. The molecule has 2 aromatic rings. The van der Waals surface area contributed by atoms with Gasteiger partial charge in [0, 0.05) is 32.2 Å². The molecule has 1 fully saturated rings. The number of rotatable bonds is 6. The third-order valence-corrected chi connectivity index (χ3v) is 5.82. The number of carbonyl (C=O) groups is 3. The van der Waals surface area contributed by atoms with Crippen LogP contribution in [0, 0.1) is 10.1 Å². The van der Waals surface area contributed by atoms with Gasteiger partial charge in [-0.25, -0.2) is 0 Å². The summed E-state index contributed by atoms with van der Waals surface area (Å²) in [5.74, 6) is -1.37. The SMILES string of the molecule is O=C(CN1CCN(CN2C(=O)c3cccc([N+](=O)[O-])c3C2=O)CC1)Nc1ccccc1Cl. The number of hydrogen-bond acceptors (Lipinski definition) is 7. The Bertz CT molecular complexity index is 1100.